The zero-order valence-electron chi connectivity index (χ0n) is 10.7. The van der Waals surface area contributed by atoms with Crippen LogP contribution in [-0.4, -0.2) is 5.91 Å². The van der Waals surface area contributed by atoms with Gasteiger partial charge in [-0.05, 0) is 30.0 Å². The Morgan fingerprint density at radius 2 is 2.11 bits per heavy atom. The molecule has 1 aromatic carbocycles. The molecule has 0 saturated heterocycles. The van der Waals surface area contributed by atoms with E-state index >= 15 is 0 Å². The van der Waals surface area contributed by atoms with Gasteiger partial charge in [0, 0.05) is 4.88 Å². The maximum atomic E-state index is 13.6. The van der Waals surface area contributed by atoms with E-state index in [2.05, 4.69) is 12.2 Å². The lowest BCUT2D eigenvalue weighted by Crippen LogP contribution is -2.28. The van der Waals surface area contributed by atoms with Crippen molar-refractivity contribution in [1.82, 2.24) is 5.32 Å². The molecule has 0 radical (unpaired) electrons. The SMILES string of the molecule is CCCC(NC(=O)c1ccccc1F)c1cccs1. The summed E-state index contributed by atoms with van der Waals surface area (Å²) >= 11 is 1.60. The first kappa shape index (κ1) is 13.7. The lowest BCUT2D eigenvalue weighted by molar-refractivity contribution is 0.0931. The Morgan fingerprint density at radius 3 is 2.74 bits per heavy atom. The minimum Gasteiger partial charge on any atom is -0.344 e. The van der Waals surface area contributed by atoms with Crippen LogP contribution in [0.15, 0.2) is 41.8 Å². The monoisotopic (exact) mass is 277 g/mol. The highest BCUT2D eigenvalue weighted by Gasteiger charge is 2.17. The number of hydrogen-bond donors (Lipinski definition) is 1. The van der Waals surface area contributed by atoms with Crippen LogP contribution in [0.5, 0.6) is 0 Å². The second kappa shape index (κ2) is 6.48. The van der Waals surface area contributed by atoms with Crippen molar-refractivity contribution >= 4 is 17.2 Å². The molecule has 0 saturated carbocycles. The molecular weight excluding hydrogens is 261 g/mol. The molecule has 2 nitrogen and oxygen atoms in total. The fourth-order valence-corrected chi connectivity index (χ4v) is 2.76. The van der Waals surface area contributed by atoms with Crippen molar-refractivity contribution in [1.29, 1.82) is 0 Å². The van der Waals surface area contributed by atoms with Crippen molar-refractivity contribution in [3.05, 3.63) is 58.0 Å². The number of rotatable bonds is 5. The van der Waals surface area contributed by atoms with Gasteiger partial charge in [0.1, 0.15) is 5.82 Å². The van der Waals surface area contributed by atoms with E-state index in [9.17, 15) is 9.18 Å². The Labute approximate surface area is 116 Å². The molecule has 19 heavy (non-hydrogen) atoms. The van der Waals surface area contributed by atoms with Crippen LogP contribution in [0.2, 0.25) is 0 Å². The van der Waals surface area contributed by atoms with E-state index in [1.165, 1.54) is 12.1 Å². The third kappa shape index (κ3) is 3.41. The van der Waals surface area contributed by atoms with E-state index in [-0.39, 0.29) is 17.5 Å². The highest BCUT2D eigenvalue weighted by Crippen LogP contribution is 2.23. The van der Waals surface area contributed by atoms with Gasteiger partial charge in [-0.1, -0.05) is 31.5 Å². The highest BCUT2D eigenvalue weighted by atomic mass is 32.1. The fraction of sp³-hybridized carbons (Fsp3) is 0.267. The summed E-state index contributed by atoms with van der Waals surface area (Å²) in [7, 11) is 0. The van der Waals surface area contributed by atoms with Crippen LogP contribution in [0.1, 0.15) is 41.0 Å². The molecule has 0 fully saturated rings. The molecule has 0 aliphatic heterocycles. The topological polar surface area (TPSA) is 29.1 Å². The quantitative estimate of drug-likeness (QED) is 0.873. The molecule has 100 valence electrons. The highest BCUT2D eigenvalue weighted by molar-refractivity contribution is 7.10. The molecule has 2 aromatic rings. The smallest absolute Gasteiger partial charge is 0.254 e. The Morgan fingerprint density at radius 1 is 1.32 bits per heavy atom. The van der Waals surface area contributed by atoms with Gasteiger partial charge < -0.3 is 5.32 Å². The third-order valence-electron chi connectivity index (χ3n) is 2.89. The molecular formula is C15H16FNOS. The number of thiophene rings is 1. The van der Waals surface area contributed by atoms with E-state index < -0.39 is 5.82 Å². The van der Waals surface area contributed by atoms with Crippen molar-refractivity contribution in [3.8, 4) is 0 Å². The van der Waals surface area contributed by atoms with Gasteiger partial charge in [0.15, 0.2) is 0 Å². The first-order valence-corrected chi connectivity index (χ1v) is 7.19. The molecule has 2 rings (SSSR count). The molecule has 0 spiro atoms. The van der Waals surface area contributed by atoms with Crippen LogP contribution in [0, 0.1) is 5.82 Å². The average Bonchev–Trinajstić information content (AvgIpc) is 2.92. The number of hydrogen-bond acceptors (Lipinski definition) is 2. The zero-order chi connectivity index (χ0) is 13.7. The van der Waals surface area contributed by atoms with Gasteiger partial charge >= 0.3 is 0 Å². The standard InChI is InChI=1S/C15H16FNOS/c1-2-6-13(14-9-5-10-19-14)17-15(18)11-7-3-4-8-12(11)16/h3-5,7-10,13H,2,6H2,1H3,(H,17,18). The molecule has 4 heteroatoms. The molecule has 0 aliphatic rings. The van der Waals surface area contributed by atoms with Crippen LogP contribution >= 0.6 is 11.3 Å². The van der Waals surface area contributed by atoms with Crippen molar-refractivity contribution in [2.45, 2.75) is 25.8 Å². The van der Waals surface area contributed by atoms with E-state index in [1.807, 2.05) is 17.5 Å². The molecule has 1 aromatic heterocycles. The maximum absolute atomic E-state index is 13.6. The molecule has 1 amide bonds. The fourth-order valence-electron chi connectivity index (χ4n) is 1.95. The minimum absolute atomic E-state index is 0.0443. The third-order valence-corrected chi connectivity index (χ3v) is 3.87. The summed E-state index contributed by atoms with van der Waals surface area (Å²) in [5, 5.41) is 4.89. The first-order chi connectivity index (χ1) is 9.22. The summed E-state index contributed by atoms with van der Waals surface area (Å²) in [6, 6.07) is 9.95. The number of carbonyl (C=O) groups excluding carboxylic acids is 1. The predicted octanol–water partition coefficient (Wildman–Crippen LogP) is 4.16. The summed E-state index contributed by atoms with van der Waals surface area (Å²) in [4.78, 5) is 13.2. The van der Waals surface area contributed by atoms with Crippen LogP contribution in [-0.2, 0) is 0 Å². The molecule has 0 aliphatic carbocycles. The van der Waals surface area contributed by atoms with Crippen molar-refractivity contribution < 1.29 is 9.18 Å². The Balaban J connectivity index is 2.14. The van der Waals surface area contributed by atoms with Crippen LogP contribution < -0.4 is 5.32 Å². The Hall–Kier alpha value is -1.68. The molecule has 1 atom stereocenters. The lowest BCUT2D eigenvalue weighted by Gasteiger charge is -2.17. The number of carbonyl (C=O) groups is 1. The minimum atomic E-state index is -0.485. The molecule has 1 heterocycles. The molecule has 1 N–H and O–H groups in total. The van der Waals surface area contributed by atoms with Gasteiger partial charge in [0.25, 0.3) is 5.91 Å². The second-order valence-electron chi connectivity index (χ2n) is 4.31. The molecule has 1 unspecified atom stereocenters. The molecule has 0 bridgehead atoms. The zero-order valence-corrected chi connectivity index (χ0v) is 11.5. The normalized spacial score (nSPS) is 12.1. The number of nitrogens with one attached hydrogen (secondary N) is 1. The van der Waals surface area contributed by atoms with Crippen molar-refractivity contribution in [2.24, 2.45) is 0 Å². The van der Waals surface area contributed by atoms with E-state index in [0.717, 1.165) is 17.7 Å². The maximum Gasteiger partial charge on any atom is 0.254 e. The predicted molar refractivity (Wildman–Crippen MR) is 75.8 cm³/mol. The van der Waals surface area contributed by atoms with E-state index in [1.54, 1.807) is 23.5 Å². The number of halogens is 1. The van der Waals surface area contributed by atoms with Crippen LogP contribution in [0.4, 0.5) is 4.39 Å². The average molecular weight is 277 g/mol. The van der Waals surface area contributed by atoms with E-state index in [4.69, 9.17) is 0 Å². The van der Waals surface area contributed by atoms with Crippen molar-refractivity contribution in [3.63, 3.8) is 0 Å². The van der Waals surface area contributed by atoms with Gasteiger partial charge in [-0.3, -0.25) is 4.79 Å². The summed E-state index contributed by atoms with van der Waals surface area (Å²) in [6.07, 6.45) is 1.81. The lowest BCUT2D eigenvalue weighted by atomic mass is 10.1. The van der Waals surface area contributed by atoms with Crippen LogP contribution in [0.3, 0.4) is 0 Å². The Kier molecular flexibility index (Phi) is 4.68. The van der Waals surface area contributed by atoms with Gasteiger partial charge in [-0.25, -0.2) is 4.39 Å². The summed E-state index contributed by atoms with van der Waals surface area (Å²) in [5.41, 5.74) is 0.0974. The van der Waals surface area contributed by atoms with Gasteiger partial charge in [0.2, 0.25) is 0 Å². The summed E-state index contributed by atoms with van der Waals surface area (Å²) < 4.78 is 13.6. The van der Waals surface area contributed by atoms with Crippen molar-refractivity contribution in [2.75, 3.05) is 0 Å². The number of amides is 1. The van der Waals surface area contributed by atoms with Gasteiger partial charge in [-0.15, -0.1) is 11.3 Å². The summed E-state index contributed by atoms with van der Waals surface area (Å²) in [5.74, 6) is -0.841. The second-order valence-corrected chi connectivity index (χ2v) is 5.29. The Bertz CT molecular complexity index is 539. The summed E-state index contributed by atoms with van der Waals surface area (Å²) in [6.45, 7) is 2.07. The first-order valence-electron chi connectivity index (χ1n) is 6.31. The van der Waals surface area contributed by atoms with E-state index in [0.29, 0.717) is 0 Å². The number of benzene rings is 1. The largest absolute Gasteiger partial charge is 0.344 e. The van der Waals surface area contributed by atoms with Gasteiger partial charge in [0.05, 0.1) is 11.6 Å². The van der Waals surface area contributed by atoms with Crippen LogP contribution in [0.25, 0.3) is 0 Å². The van der Waals surface area contributed by atoms with Gasteiger partial charge in [-0.2, -0.15) is 0 Å².